The van der Waals surface area contributed by atoms with E-state index in [0.717, 1.165) is 49.2 Å². The van der Waals surface area contributed by atoms with Crippen LogP contribution in [0.2, 0.25) is 0 Å². The number of nitrogens with one attached hydrogen (secondary N) is 1. The van der Waals surface area contributed by atoms with Crippen molar-refractivity contribution in [3.63, 3.8) is 0 Å². The van der Waals surface area contributed by atoms with Gasteiger partial charge in [-0.1, -0.05) is 12.1 Å². The summed E-state index contributed by atoms with van der Waals surface area (Å²) < 4.78 is 11.7. The first kappa shape index (κ1) is 20.4. The van der Waals surface area contributed by atoms with Gasteiger partial charge in [0, 0.05) is 24.8 Å². The van der Waals surface area contributed by atoms with Gasteiger partial charge in [0.25, 0.3) is 0 Å². The van der Waals surface area contributed by atoms with Gasteiger partial charge in [-0.2, -0.15) is 0 Å². The van der Waals surface area contributed by atoms with Crippen LogP contribution in [0.5, 0.6) is 5.75 Å². The molecule has 3 aliphatic rings. The molecule has 2 saturated carbocycles. The van der Waals surface area contributed by atoms with Crippen molar-refractivity contribution in [1.29, 1.82) is 0 Å². The van der Waals surface area contributed by atoms with E-state index in [-0.39, 0.29) is 36.4 Å². The SMILES string of the molecule is Cc1ccc(CNC(=O)C2C3CCC(C3)C2N)c(OCC2CCCO2)c1.Cl. The van der Waals surface area contributed by atoms with Crippen LogP contribution < -0.4 is 15.8 Å². The molecule has 1 aliphatic heterocycles. The Morgan fingerprint density at radius 2 is 2.11 bits per heavy atom. The Morgan fingerprint density at radius 3 is 2.81 bits per heavy atom. The number of nitrogens with two attached hydrogens (primary N) is 1. The molecule has 1 aromatic rings. The number of hydrogen-bond acceptors (Lipinski definition) is 4. The van der Waals surface area contributed by atoms with Crippen LogP contribution in [0.1, 0.15) is 43.2 Å². The van der Waals surface area contributed by atoms with Crippen molar-refractivity contribution in [2.75, 3.05) is 13.2 Å². The van der Waals surface area contributed by atoms with Gasteiger partial charge in [-0.25, -0.2) is 0 Å². The molecule has 1 aromatic carbocycles. The third kappa shape index (κ3) is 4.41. The number of rotatable bonds is 6. The van der Waals surface area contributed by atoms with Crippen molar-refractivity contribution in [3.05, 3.63) is 29.3 Å². The smallest absolute Gasteiger partial charge is 0.225 e. The quantitative estimate of drug-likeness (QED) is 0.777. The molecule has 3 fully saturated rings. The monoisotopic (exact) mass is 394 g/mol. The van der Waals surface area contributed by atoms with Crippen LogP contribution in [0.3, 0.4) is 0 Å². The molecule has 0 radical (unpaired) electrons. The number of halogens is 1. The molecule has 1 heterocycles. The first-order valence-corrected chi connectivity index (χ1v) is 9.99. The lowest BCUT2D eigenvalue weighted by atomic mass is 9.84. The molecule has 4 rings (SSSR count). The Balaban J connectivity index is 0.00000210. The van der Waals surface area contributed by atoms with Crippen LogP contribution in [0.4, 0.5) is 0 Å². The summed E-state index contributed by atoms with van der Waals surface area (Å²) in [5, 5.41) is 3.11. The Labute approximate surface area is 167 Å². The van der Waals surface area contributed by atoms with Crippen LogP contribution >= 0.6 is 12.4 Å². The number of amides is 1. The van der Waals surface area contributed by atoms with Crippen molar-refractivity contribution < 1.29 is 14.3 Å². The van der Waals surface area contributed by atoms with Gasteiger partial charge in [0.05, 0.1) is 12.0 Å². The Hall–Kier alpha value is -1.30. The van der Waals surface area contributed by atoms with Crippen LogP contribution in [0.15, 0.2) is 18.2 Å². The van der Waals surface area contributed by atoms with Crippen molar-refractivity contribution in [2.45, 2.75) is 57.7 Å². The standard InChI is InChI=1S/C21H30N2O3.ClH/c1-13-4-5-16(18(9-13)26-12-17-3-2-8-25-17)11-23-21(24)19-14-6-7-15(10-14)20(19)22;/h4-5,9,14-15,17,19-20H,2-3,6-8,10-12,22H2,1H3,(H,23,24);1H. The second-order valence-electron chi connectivity index (χ2n) is 8.21. The number of aryl methyl sites for hydroxylation is 1. The zero-order valence-corrected chi connectivity index (χ0v) is 16.8. The molecule has 2 aliphatic carbocycles. The summed E-state index contributed by atoms with van der Waals surface area (Å²) >= 11 is 0. The average molecular weight is 395 g/mol. The molecule has 5 unspecified atom stereocenters. The number of fused-ring (bicyclic) bond motifs is 2. The first-order chi connectivity index (χ1) is 12.6. The van der Waals surface area contributed by atoms with E-state index in [0.29, 0.717) is 25.0 Å². The highest BCUT2D eigenvalue weighted by Gasteiger charge is 2.48. The van der Waals surface area contributed by atoms with E-state index in [4.69, 9.17) is 15.2 Å². The normalized spacial score (nSPS) is 31.6. The second kappa shape index (κ2) is 8.80. The fourth-order valence-corrected chi connectivity index (χ4v) is 4.93. The predicted molar refractivity (Wildman–Crippen MR) is 107 cm³/mol. The van der Waals surface area contributed by atoms with Gasteiger partial charge in [0.15, 0.2) is 0 Å². The van der Waals surface area contributed by atoms with Gasteiger partial charge in [0.2, 0.25) is 5.91 Å². The minimum atomic E-state index is -0.0181. The van der Waals surface area contributed by atoms with Crippen molar-refractivity contribution in [2.24, 2.45) is 23.5 Å². The first-order valence-electron chi connectivity index (χ1n) is 9.99. The third-order valence-corrected chi connectivity index (χ3v) is 6.41. The van der Waals surface area contributed by atoms with Gasteiger partial charge in [-0.3, -0.25) is 4.79 Å². The average Bonchev–Trinajstić information content (AvgIpc) is 3.36. The van der Waals surface area contributed by atoms with Crippen molar-refractivity contribution in [3.8, 4) is 5.75 Å². The highest BCUT2D eigenvalue weighted by Crippen LogP contribution is 2.47. The fraction of sp³-hybridized carbons (Fsp3) is 0.667. The van der Waals surface area contributed by atoms with Crippen LogP contribution in [-0.2, 0) is 16.1 Å². The van der Waals surface area contributed by atoms with Crippen LogP contribution in [-0.4, -0.2) is 31.3 Å². The number of hydrogen-bond donors (Lipinski definition) is 2. The van der Waals surface area contributed by atoms with E-state index in [1.54, 1.807) is 0 Å². The highest BCUT2D eigenvalue weighted by atomic mass is 35.5. The van der Waals surface area contributed by atoms with E-state index < -0.39 is 0 Å². The molecule has 2 bridgehead atoms. The van der Waals surface area contributed by atoms with Gasteiger partial charge in [-0.05, 0) is 62.5 Å². The van der Waals surface area contributed by atoms with Crippen molar-refractivity contribution in [1.82, 2.24) is 5.32 Å². The largest absolute Gasteiger partial charge is 0.491 e. The van der Waals surface area contributed by atoms with E-state index >= 15 is 0 Å². The van der Waals surface area contributed by atoms with Gasteiger partial charge < -0.3 is 20.5 Å². The summed E-state index contributed by atoms with van der Waals surface area (Å²) in [5.41, 5.74) is 8.47. The number of benzene rings is 1. The highest BCUT2D eigenvalue weighted by molar-refractivity contribution is 5.85. The maximum Gasteiger partial charge on any atom is 0.225 e. The molecule has 6 heteroatoms. The maximum absolute atomic E-state index is 12.7. The molecular formula is C21H31ClN2O3. The Morgan fingerprint density at radius 1 is 1.30 bits per heavy atom. The lowest BCUT2D eigenvalue weighted by Crippen LogP contribution is -2.45. The predicted octanol–water partition coefficient (Wildman–Crippen LogP) is 2.96. The number of carbonyl (C=O) groups is 1. The van der Waals surface area contributed by atoms with Crippen molar-refractivity contribution >= 4 is 18.3 Å². The zero-order valence-electron chi connectivity index (χ0n) is 16.0. The molecule has 5 nitrogen and oxygen atoms in total. The number of carbonyl (C=O) groups excluding carboxylic acids is 1. The van der Waals surface area contributed by atoms with Gasteiger partial charge in [0.1, 0.15) is 12.4 Å². The minimum Gasteiger partial charge on any atom is -0.491 e. The lowest BCUT2D eigenvalue weighted by molar-refractivity contribution is -0.127. The van der Waals surface area contributed by atoms with Gasteiger partial charge >= 0.3 is 0 Å². The Bertz CT molecular complexity index is 661. The molecular weight excluding hydrogens is 364 g/mol. The fourth-order valence-electron chi connectivity index (χ4n) is 4.93. The second-order valence-corrected chi connectivity index (χ2v) is 8.21. The van der Waals surface area contributed by atoms with E-state index in [2.05, 4.69) is 18.3 Å². The van der Waals surface area contributed by atoms with E-state index in [1.165, 1.54) is 6.42 Å². The zero-order chi connectivity index (χ0) is 18.1. The molecule has 27 heavy (non-hydrogen) atoms. The molecule has 3 N–H and O–H groups in total. The number of ether oxygens (including phenoxy) is 2. The molecule has 0 aromatic heterocycles. The summed E-state index contributed by atoms with van der Waals surface area (Å²) in [4.78, 5) is 12.7. The minimum absolute atomic E-state index is 0. The molecule has 150 valence electrons. The summed E-state index contributed by atoms with van der Waals surface area (Å²) in [6.45, 7) is 3.94. The third-order valence-electron chi connectivity index (χ3n) is 6.41. The summed E-state index contributed by atoms with van der Waals surface area (Å²) in [6.07, 6.45) is 5.81. The lowest BCUT2D eigenvalue weighted by Gasteiger charge is -2.27. The summed E-state index contributed by atoms with van der Waals surface area (Å²) in [6, 6.07) is 6.17. The summed E-state index contributed by atoms with van der Waals surface area (Å²) in [7, 11) is 0. The van der Waals surface area contributed by atoms with E-state index in [1.807, 2.05) is 12.1 Å². The topological polar surface area (TPSA) is 73.6 Å². The molecule has 1 saturated heterocycles. The molecule has 5 atom stereocenters. The van der Waals surface area contributed by atoms with E-state index in [9.17, 15) is 4.79 Å². The van der Waals surface area contributed by atoms with Gasteiger partial charge in [-0.15, -0.1) is 12.4 Å². The van der Waals surface area contributed by atoms with Crippen LogP contribution in [0.25, 0.3) is 0 Å². The Kier molecular flexibility index (Phi) is 6.66. The maximum atomic E-state index is 12.7. The van der Waals surface area contributed by atoms with Crippen LogP contribution in [0, 0.1) is 24.7 Å². The summed E-state index contributed by atoms with van der Waals surface area (Å²) in [5.74, 6) is 1.95. The molecule has 0 spiro atoms. The molecule has 1 amide bonds.